The molecule has 1 rings (SSSR count). The molecule has 12 heavy (non-hydrogen) atoms. The number of nitrogens with zero attached hydrogens (tertiary/aromatic N) is 2. The molecule has 1 atom stereocenters. The Morgan fingerprint density at radius 3 is 2.42 bits per heavy atom. The van der Waals surface area contributed by atoms with E-state index >= 15 is 0 Å². The highest BCUT2D eigenvalue weighted by Crippen LogP contribution is 2.16. The molecule has 0 aromatic carbocycles. The first-order valence-corrected chi connectivity index (χ1v) is 4.01. The van der Waals surface area contributed by atoms with Crippen molar-refractivity contribution in [3.63, 3.8) is 0 Å². The van der Waals surface area contributed by atoms with E-state index in [1.807, 2.05) is 20.8 Å². The number of aromatic nitrogens is 2. The largest absolute Gasteiger partial charge is 0.372 e. The minimum absolute atomic E-state index is 0.120. The van der Waals surface area contributed by atoms with Crippen LogP contribution < -0.4 is 0 Å². The van der Waals surface area contributed by atoms with Crippen LogP contribution in [0, 0.1) is 0 Å². The van der Waals surface area contributed by atoms with Gasteiger partial charge in [-0.15, -0.1) is 0 Å². The maximum Gasteiger partial charge on any atom is 0.255 e. The van der Waals surface area contributed by atoms with Crippen LogP contribution in [0.15, 0.2) is 4.52 Å². The molecule has 1 heterocycles. The summed E-state index contributed by atoms with van der Waals surface area (Å²) < 4.78 is 10.0. The quantitative estimate of drug-likeness (QED) is 0.695. The van der Waals surface area contributed by atoms with Gasteiger partial charge < -0.3 is 9.26 Å². The van der Waals surface area contributed by atoms with E-state index in [4.69, 9.17) is 9.26 Å². The van der Waals surface area contributed by atoms with E-state index in [0.29, 0.717) is 11.8 Å². The van der Waals surface area contributed by atoms with E-state index in [0.717, 1.165) is 5.82 Å². The second-order valence-corrected chi connectivity index (χ2v) is 3.02. The monoisotopic (exact) mass is 170 g/mol. The lowest BCUT2D eigenvalue weighted by molar-refractivity contribution is 0.0886. The summed E-state index contributed by atoms with van der Waals surface area (Å²) in [5.74, 6) is 1.57. The molecular weight excluding hydrogens is 156 g/mol. The third kappa shape index (κ3) is 1.82. The summed E-state index contributed by atoms with van der Waals surface area (Å²) in [6.07, 6.45) is -0.120. The van der Waals surface area contributed by atoms with E-state index in [2.05, 4.69) is 10.1 Å². The summed E-state index contributed by atoms with van der Waals surface area (Å²) in [7, 11) is 1.61. The predicted octanol–water partition coefficient (Wildman–Crippen LogP) is 1.90. The zero-order valence-corrected chi connectivity index (χ0v) is 7.87. The Labute approximate surface area is 71.9 Å². The van der Waals surface area contributed by atoms with Crippen molar-refractivity contribution in [2.75, 3.05) is 7.11 Å². The first-order valence-electron chi connectivity index (χ1n) is 4.01. The van der Waals surface area contributed by atoms with Crippen LogP contribution in [0.2, 0.25) is 0 Å². The standard InChI is InChI=1S/C8H14N2O2/c1-5(2)7-9-8(12-10-7)6(3)11-4/h5-6H,1-4H3/t6-/m0/s1. The molecular formula is C8H14N2O2. The summed E-state index contributed by atoms with van der Waals surface area (Å²) in [5, 5.41) is 3.82. The maximum atomic E-state index is 5.03. The Morgan fingerprint density at radius 1 is 1.33 bits per heavy atom. The lowest BCUT2D eigenvalue weighted by Gasteiger charge is -2.00. The molecule has 0 fully saturated rings. The highest BCUT2D eigenvalue weighted by atomic mass is 16.5. The molecule has 0 spiro atoms. The molecule has 0 amide bonds. The van der Waals surface area contributed by atoms with Crippen LogP contribution in [0.25, 0.3) is 0 Å². The number of rotatable bonds is 3. The Balaban J connectivity index is 2.77. The average molecular weight is 170 g/mol. The highest BCUT2D eigenvalue weighted by molar-refractivity contribution is 4.93. The lowest BCUT2D eigenvalue weighted by atomic mass is 10.2. The molecule has 0 aliphatic heterocycles. The third-order valence-electron chi connectivity index (χ3n) is 1.68. The first kappa shape index (κ1) is 9.19. The molecule has 0 aliphatic carbocycles. The van der Waals surface area contributed by atoms with Crippen LogP contribution in [0.5, 0.6) is 0 Å². The fraction of sp³-hybridized carbons (Fsp3) is 0.750. The lowest BCUT2D eigenvalue weighted by Crippen LogP contribution is -1.96. The molecule has 1 aromatic heterocycles. The van der Waals surface area contributed by atoms with Crippen molar-refractivity contribution < 1.29 is 9.26 Å². The zero-order chi connectivity index (χ0) is 9.14. The molecule has 0 bridgehead atoms. The van der Waals surface area contributed by atoms with Gasteiger partial charge in [0.05, 0.1) is 0 Å². The van der Waals surface area contributed by atoms with E-state index in [-0.39, 0.29) is 6.10 Å². The normalized spacial score (nSPS) is 13.8. The molecule has 0 saturated heterocycles. The van der Waals surface area contributed by atoms with Crippen LogP contribution in [-0.4, -0.2) is 17.3 Å². The van der Waals surface area contributed by atoms with Crippen LogP contribution >= 0.6 is 0 Å². The van der Waals surface area contributed by atoms with Crippen LogP contribution in [0.4, 0.5) is 0 Å². The molecule has 1 aromatic rings. The first-order chi connectivity index (χ1) is 5.65. The summed E-state index contributed by atoms with van der Waals surface area (Å²) in [5.41, 5.74) is 0. The van der Waals surface area contributed by atoms with Crippen molar-refractivity contribution in [2.45, 2.75) is 32.8 Å². The van der Waals surface area contributed by atoms with Gasteiger partial charge in [0, 0.05) is 13.0 Å². The minimum Gasteiger partial charge on any atom is -0.372 e. The molecule has 0 aliphatic rings. The minimum atomic E-state index is -0.120. The summed E-state index contributed by atoms with van der Waals surface area (Å²) >= 11 is 0. The van der Waals surface area contributed by atoms with Gasteiger partial charge in [-0.3, -0.25) is 0 Å². The average Bonchev–Trinajstić information content (AvgIpc) is 2.51. The smallest absolute Gasteiger partial charge is 0.255 e. The van der Waals surface area contributed by atoms with Gasteiger partial charge in [-0.05, 0) is 6.92 Å². The Morgan fingerprint density at radius 2 is 2.00 bits per heavy atom. The molecule has 68 valence electrons. The second kappa shape index (κ2) is 3.67. The van der Waals surface area contributed by atoms with E-state index in [1.54, 1.807) is 7.11 Å². The van der Waals surface area contributed by atoms with E-state index in [1.165, 1.54) is 0 Å². The van der Waals surface area contributed by atoms with Crippen molar-refractivity contribution in [1.29, 1.82) is 0 Å². The number of hydrogen-bond donors (Lipinski definition) is 0. The third-order valence-corrected chi connectivity index (χ3v) is 1.68. The SMILES string of the molecule is CO[C@@H](C)c1nc(C(C)C)no1. The van der Waals surface area contributed by atoms with Gasteiger partial charge in [0.25, 0.3) is 5.89 Å². The van der Waals surface area contributed by atoms with Gasteiger partial charge in [-0.25, -0.2) is 0 Å². The molecule has 4 heteroatoms. The summed E-state index contributed by atoms with van der Waals surface area (Å²) in [6.45, 7) is 5.91. The maximum absolute atomic E-state index is 5.03. The van der Waals surface area contributed by atoms with Gasteiger partial charge in [0.1, 0.15) is 6.10 Å². The molecule has 0 saturated carbocycles. The topological polar surface area (TPSA) is 48.2 Å². The van der Waals surface area contributed by atoms with Crippen molar-refractivity contribution >= 4 is 0 Å². The van der Waals surface area contributed by atoms with Crippen molar-refractivity contribution in [3.8, 4) is 0 Å². The molecule has 0 N–H and O–H groups in total. The van der Waals surface area contributed by atoms with Crippen LogP contribution in [0.1, 0.15) is 44.5 Å². The molecule has 0 radical (unpaired) electrons. The van der Waals surface area contributed by atoms with Gasteiger partial charge in [0.2, 0.25) is 0 Å². The van der Waals surface area contributed by atoms with Gasteiger partial charge in [0.15, 0.2) is 5.82 Å². The van der Waals surface area contributed by atoms with Crippen LogP contribution in [0.3, 0.4) is 0 Å². The Hall–Kier alpha value is -0.900. The number of hydrogen-bond acceptors (Lipinski definition) is 4. The Kier molecular flexibility index (Phi) is 2.81. The molecule has 0 unspecified atom stereocenters. The summed E-state index contributed by atoms with van der Waals surface area (Å²) in [4.78, 5) is 4.18. The number of methoxy groups -OCH3 is 1. The van der Waals surface area contributed by atoms with E-state index in [9.17, 15) is 0 Å². The fourth-order valence-corrected chi connectivity index (χ4v) is 0.748. The second-order valence-electron chi connectivity index (χ2n) is 3.02. The molecule has 4 nitrogen and oxygen atoms in total. The van der Waals surface area contributed by atoms with Crippen LogP contribution in [-0.2, 0) is 4.74 Å². The predicted molar refractivity (Wildman–Crippen MR) is 43.8 cm³/mol. The van der Waals surface area contributed by atoms with E-state index < -0.39 is 0 Å². The Bertz CT molecular complexity index is 245. The van der Waals surface area contributed by atoms with Crippen molar-refractivity contribution in [3.05, 3.63) is 11.7 Å². The fourth-order valence-electron chi connectivity index (χ4n) is 0.748. The van der Waals surface area contributed by atoms with Gasteiger partial charge in [-0.2, -0.15) is 4.98 Å². The summed E-state index contributed by atoms with van der Waals surface area (Å²) in [6, 6.07) is 0. The highest BCUT2D eigenvalue weighted by Gasteiger charge is 2.14. The van der Waals surface area contributed by atoms with Gasteiger partial charge >= 0.3 is 0 Å². The van der Waals surface area contributed by atoms with Crippen molar-refractivity contribution in [1.82, 2.24) is 10.1 Å². The van der Waals surface area contributed by atoms with Crippen molar-refractivity contribution in [2.24, 2.45) is 0 Å². The van der Waals surface area contributed by atoms with Gasteiger partial charge in [-0.1, -0.05) is 19.0 Å². The zero-order valence-electron chi connectivity index (χ0n) is 7.87. The number of ether oxygens (including phenoxy) is 1.